The Bertz CT molecular complexity index is 552. The van der Waals surface area contributed by atoms with Crippen LogP contribution in [0.4, 0.5) is 5.69 Å². The van der Waals surface area contributed by atoms with Crippen LogP contribution in [0.1, 0.15) is 5.56 Å². The molecule has 2 rings (SSSR count). The number of anilines is 1. The van der Waals surface area contributed by atoms with Crippen LogP contribution in [-0.4, -0.2) is 0 Å². The van der Waals surface area contributed by atoms with Gasteiger partial charge in [-0.2, -0.15) is 0 Å². The third-order valence-electron chi connectivity index (χ3n) is 2.45. The van der Waals surface area contributed by atoms with Gasteiger partial charge in [0.1, 0.15) is 0 Å². The van der Waals surface area contributed by atoms with Crippen LogP contribution < -0.4 is 5.32 Å². The van der Waals surface area contributed by atoms with Gasteiger partial charge in [0.2, 0.25) is 0 Å². The molecule has 0 bridgehead atoms. The molecule has 0 aliphatic carbocycles. The SMILES string of the molecule is Clc1cc(NCc2c(Cl)cccc2Cl)ccc1Br. The third kappa shape index (κ3) is 3.33. The van der Waals surface area contributed by atoms with Crippen molar-refractivity contribution in [3.8, 4) is 0 Å². The van der Waals surface area contributed by atoms with E-state index in [0.29, 0.717) is 21.6 Å². The summed E-state index contributed by atoms with van der Waals surface area (Å²) in [5.41, 5.74) is 1.79. The summed E-state index contributed by atoms with van der Waals surface area (Å²) in [6.45, 7) is 0.552. The largest absolute Gasteiger partial charge is 0.381 e. The van der Waals surface area contributed by atoms with Crippen molar-refractivity contribution in [1.29, 1.82) is 0 Å². The van der Waals surface area contributed by atoms with E-state index in [1.165, 1.54) is 0 Å². The van der Waals surface area contributed by atoms with Crippen LogP contribution in [0.3, 0.4) is 0 Å². The van der Waals surface area contributed by atoms with Crippen LogP contribution in [-0.2, 0) is 6.54 Å². The van der Waals surface area contributed by atoms with Crippen molar-refractivity contribution in [1.82, 2.24) is 0 Å². The zero-order valence-corrected chi connectivity index (χ0v) is 13.0. The first kappa shape index (κ1) is 14.0. The molecule has 0 aliphatic rings. The molecule has 0 amide bonds. The Kier molecular flexibility index (Phi) is 4.79. The van der Waals surface area contributed by atoms with E-state index in [2.05, 4.69) is 21.2 Å². The molecular weight excluding hydrogens is 356 g/mol. The van der Waals surface area contributed by atoms with E-state index in [4.69, 9.17) is 34.8 Å². The molecule has 0 fully saturated rings. The van der Waals surface area contributed by atoms with Crippen molar-refractivity contribution in [3.05, 3.63) is 61.5 Å². The molecule has 0 saturated carbocycles. The first-order valence-electron chi connectivity index (χ1n) is 5.20. The molecule has 0 saturated heterocycles. The minimum Gasteiger partial charge on any atom is -0.381 e. The van der Waals surface area contributed by atoms with E-state index in [9.17, 15) is 0 Å². The van der Waals surface area contributed by atoms with Crippen molar-refractivity contribution < 1.29 is 0 Å². The number of hydrogen-bond acceptors (Lipinski definition) is 1. The molecule has 2 aromatic rings. The molecule has 0 aromatic heterocycles. The van der Waals surface area contributed by atoms with Crippen molar-refractivity contribution in [2.45, 2.75) is 6.54 Å². The lowest BCUT2D eigenvalue weighted by Gasteiger charge is -2.10. The Morgan fingerprint density at radius 1 is 0.944 bits per heavy atom. The molecule has 18 heavy (non-hydrogen) atoms. The summed E-state index contributed by atoms with van der Waals surface area (Å²) in [7, 11) is 0. The molecule has 1 N–H and O–H groups in total. The van der Waals surface area contributed by atoms with E-state index >= 15 is 0 Å². The molecule has 0 unspecified atom stereocenters. The van der Waals surface area contributed by atoms with Crippen LogP contribution in [0, 0.1) is 0 Å². The molecule has 0 aliphatic heterocycles. The van der Waals surface area contributed by atoms with Gasteiger partial charge in [-0.05, 0) is 46.3 Å². The van der Waals surface area contributed by atoms with Gasteiger partial charge in [-0.15, -0.1) is 0 Å². The molecule has 0 spiro atoms. The van der Waals surface area contributed by atoms with E-state index < -0.39 is 0 Å². The highest BCUT2D eigenvalue weighted by Gasteiger charge is 2.05. The lowest BCUT2D eigenvalue weighted by molar-refractivity contribution is 1.15. The zero-order chi connectivity index (χ0) is 13.1. The van der Waals surface area contributed by atoms with Gasteiger partial charge in [0.15, 0.2) is 0 Å². The van der Waals surface area contributed by atoms with E-state index in [1.54, 1.807) is 0 Å². The summed E-state index contributed by atoms with van der Waals surface area (Å²) >= 11 is 21.6. The first-order valence-corrected chi connectivity index (χ1v) is 7.12. The van der Waals surface area contributed by atoms with Crippen molar-refractivity contribution in [2.24, 2.45) is 0 Å². The van der Waals surface area contributed by atoms with Crippen molar-refractivity contribution >= 4 is 56.4 Å². The van der Waals surface area contributed by atoms with Crippen molar-refractivity contribution in [2.75, 3.05) is 5.32 Å². The Labute approximate surface area is 129 Å². The number of nitrogens with one attached hydrogen (secondary N) is 1. The van der Waals surface area contributed by atoms with Gasteiger partial charge < -0.3 is 5.32 Å². The second-order valence-corrected chi connectivity index (χ2v) is 5.76. The van der Waals surface area contributed by atoms with E-state index in [0.717, 1.165) is 15.7 Å². The average Bonchev–Trinajstić information content (AvgIpc) is 2.33. The van der Waals surface area contributed by atoms with Crippen LogP contribution in [0.5, 0.6) is 0 Å². The number of benzene rings is 2. The Morgan fingerprint density at radius 3 is 2.22 bits per heavy atom. The molecule has 0 heterocycles. The van der Waals surface area contributed by atoms with Gasteiger partial charge in [0.05, 0.1) is 5.02 Å². The Balaban J connectivity index is 2.14. The summed E-state index contributed by atoms with van der Waals surface area (Å²) in [4.78, 5) is 0. The van der Waals surface area contributed by atoms with Crippen LogP contribution >= 0.6 is 50.7 Å². The lowest BCUT2D eigenvalue weighted by Crippen LogP contribution is -2.00. The quantitative estimate of drug-likeness (QED) is 0.701. The summed E-state index contributed by atoms with van der Waals surface area (Å²) in [6, 6.07) is 11.1. The second kappa shape index (κ2) is 6.16. The fourth-order valence-corrected chi connectivity index (χ4v) is 2.46. The van der Waals surface area contributed by atoms with Gasteiger partial charge in [-0.25, -0.2) is 0 Å². The third-order valence-corrected chi connectivity index (χ3v) is 4.39. The fourth-order valence-electron chi connectivity index (χ4n) is 1.50. The first-order chi connectivity index (χ1) is 8.58. The van der Waals surface area contributed by atoms with E-state index in [1.807, 2.05) is 36.4 Å². The van der Waals surface area contributed by atoms with Crippen molar-refractivity contribution in [3.63, 3.8) is 0 Å². The maximum absolute atomic E-state index is 6.09. The smallest absolute Gasteiger partial charge is 0.0568 e. The van der Waals surface area contributed by atoms with Gasteiger partial charge in [0, 0.05) is 32.3 Å². The molecule has 94 valence electrons. The highest BCUT2D eigenvalue weighted by Crippen LogP contribution is 2.28. The predicted octanol–water partition coefficient (Wildman–Crippen LogP) is 6.02. The zero-order valence-electron chi connectivity index (χ0n) is 9.18. The molecule has 2 aromatic carbocycles. The van der Waals surface area contributed by atoms with Crippen LogP contribution in [0.25, 0.3) is 0 Å². The van der Waals surface area contributed by atoms with Gasteiger partial charge in [-0.1, -0.05) is 40.9 Å². The highest BCUT2D eigenvalue weighted by molar-refractivity contribution is 9.10. The molecule has 0 atom stereocenters. The predicted molar refractivity (Wildman–Crippen MR) is 82.9 cm³/mol. The summed E-state index contributed by atoms with van der Waals surface area (Å²) < 4.78 is 0.866. The van der Waals surface area contributed by atoms with Crippen LogP contribution in [0.2, 0.25) is 15.1 Å². The molecule has 0 radical (unpaired) electrons. The molecule has 5 heteroatoms. The minimum absolute atomic E-state index is 0.552. The maximum atomic E-state index is 6.09. The number of rotatable bonds is 3. The monoisotopic (exact) mass is 363 g/mol. The maximum Gasteiger partial charge on any atom is 0.0568 e. The van der Waals surface area contributed by atoms with Crippen LogP contribution in [0.15, 0.2) is 40.9 Å². The average molecular weight is 365 g/mol. The Morgan fingerprint density at radius 2 is 1.61 bits per heavy atom. The van der Waals surface area contributed by atoms with E-state index in [-0.39, 0.29) is 0 Å². The standard InChI is InChI=1S/C13H9BrCl3N/c14-10-5-4-8(6-13(10)17)18-7-9-11(15)2-1-3-12(9)16/h1-6,18H,7H2. The van der Waals surface area contributed by atoms with Gasteiger partial charge in [-0.3, -0.25) is 0 Å². The lowest BCUT2D eigenvalue weighted by atomic mass is 10.2. The topological polar surface area (TPSA) is 12.0 Å². The highest BCUT2D eigenvalue weighted by atomic mass is 79.9. The fraction of sp³-hybridized carbons (Fsp3) is 0.0769. The Hall–Kier alpha value is -0.410. The van der Waals surface area contributed by atoms with Gasteiger partial charge >= 0.3 is 0 Å². The van der Waals surface area contributed by atoms with Gasteiger partial charge in [0.25, 0.3) is 0 Å². The summed E-state index contributed by atoms with van der Waals surface area (Å²) in [6.07, 6.45) is 0. The molecule has 1 nitrogen and oxygen atoms in total. The number of hydrogen-bond donors (Lipinski definition) is 1. The summed E-state index contributed by atoms with van der Waals surface area (Å²) in [5.74, 6) is 0. The summed E-state index contributed by atoms with van der Waals surface area (Å²) in [5, 5.41) is 5.20. The molecular formula is C13H9BrCl3N. The number of halogens is 4. The second-order valence-electron chi connectivity index (χ2n) is 3.68. The minimum atomic E-state index is 0.552. The normalized spacial score (nSPS) is 10.4.